The van der Waals surface area contributed by atoms with E-state index in [1.165, 1.54) is 0 Å². The zero-order valence-electron chi connectivity index (χ0n) is 9.44. The number of aliphatic hydroxyl groups excluding tert-OH is 4. The maximum absolute atomic E-state index is 9.45. The van der Waals surface area contributed by atoms with E-state index >= 15 is 0 Å². The monoisotopic (exact) mass is 242 g/mol. The van der Waals surface area contributed by atoms with Crippen molar-refractivity contribution in [3.05, 3.63) is 35.9 Å². The third-order valence-electron chi connectivity index (χ3n) is 2.38. The highest BCUT2D eigenvalue weighted by Gasteiger charge is 2.23. The van der Waals surface area contributed by atoms with Crippen LogP contribution in [0.3, 0.4) is 0 Å². The summed E-state index contributed by atoms with van der Waals surface area (Å²) < 4.78 is 5.19. The molecule has 0 aromatic heterocycles. The van der Waals surface area contributed by atoms with Gasteiger partial charge in [0.25, 0.3) is 0 Å². The Hall–Kier alpha value is -0.980. The normalized spacial score (nSPS) is 16.5. The van der Waals surface area contributed by atoms with E-state index in [2.05, 4.69) is 0 Å². The average Bonchev–Trinajstić information content (AvgIpc) is 2.38. The standard InChI is InChI=1S/C12H18O5/c13-6-10(14)12(16)11(15)8-17-7-9-4-2-1-3-5-9/h1-5,10-16H,6-8H2/t10-,11+,12-/m1/s1. The van der Waals surface area contributed by atoms with Gasteiger partial charge >= 0.3 is 0 Å². The number of rotatable bonds is 7. The van der Waals surface area contributed by atoms with E-state index < -0.39 is 24.9 Å². The molecule has 0 bridgehead atoms. The fourth-order valence-corrected chi connectivity index (χ4v) is 1.33. The Morgan fingerprint density at radius 1 is 1.00 bits per heavy atom. The highest BCUT2D eigenvalue weighted by molar-refractivity contribution is 5.13. The molecule has 0 saturated carbocycles. The minimum atomic E-state index is -1.41. The van der Waals surface area contributed by atoms with E-state index in [0.29, 0.717) is 6.61 Å². The van der Waals surface area contributed by atoms with E-state index in [9.17, 15) is 10.2 Å². The molecule has 1 aromatic carbocycles. The van der Waals surface area contributed by atoms with E-state index in [-0.39, 0.29) is 6.61 Å². The Morgan fingerprint density at radius 2 is 1.65 bits per heavy atom. The first-order chi connectivity index (χ1) is 8.15. The molecule has 17 heavy (non-hydrogen) atoms. The van der Waals surface area contributed by atoms with Crippen molar-refractivity contribution < 1.29 is 25.2 Å². The summed E-state index contributed by atoms with van der Waals surface area (Å²) in [5.41, 5.74) is 0.955. The van der Waals surface area contributed by atoms with Gasteiger partial charge in [-0.05, 0) is 5.56 Å². The van der Waals surface area contributed by atoms with Gasteiger partial charge in [-0.25, -0.2) is 0 Å². The van der Waals surface area contributed by atoms with Crippen LogP contribution in [0.25, 0.3) is 0 Å². The zero-order chi connectivity index (χ0) is 12.7. The smallest absolute Gasteiger partial charge is 0.110 e. The molecule has 3 atom stereocenters. The second-order valence-corrected chi connectivity index (χ2v) is 3.81. The lowest BCUT2D eigenvalue weighted by molar-refractivity contribution is -0.101. The maximum Gasteiger partial charge on any atom is 0.110 e. The molecule has 0 amide bonds. The number of hydrogen-bond acceptors (Lipinski definition) is 5. The van der Waals surface area contributed by atoms with Crippen LogP contribution in [0.5, 0.6) is 0 Å². The van der Waals surface area contributed by atoms with Gasteiger partial charge in [0.15, 0.2) is 0 Å². The predicted octanol–water partition coefficient (Wildman–Crippen LogP) is -0.722. The van der Waals surface area contributed by atoms with Crippen LogP contribution in [0.15, 0.2) is 30.3 Å². The molecule has 96 valence electrons. The Labute approximate surface area is 99.9 Å². The number of ether oxygens (including phenoxy) is 1. The van der Waals surface area contributed by atoms with Crippen LogP contribution in [0.1, 0.15) is 5.56 Å². The van der Waals surface area contributed by atoms with Crippen LogP contribution < -0.4 is 0 Å². The lowest BCUT2D eigenvalue weighted by Crippen LogP contribution is -2.41. The Balaban J connectivity index is 2.27. The van der Waals surface area contributed by atoms with Crippen molar-refractivity contribution in [3.8, 4) is 0 Å². The summed E-state index contributed by atoms with van der Waals surface area (Å²) in [5, 5.41) is 36.5. The predicted molar refractivity (Wildman–Crippen MR) is 61.2 cm³/mol. The van der Waals surface area contributed by atoms with Crippen LogP contribution in [-0.4, -0.2) is 52.0 Å². The largest absolute Gasteiger partial charge is 0.394 e. The number of hydrogen-bond donors (Lipinski definition) is 4. The molecule has 0 radical (unpaired) electrons. The van der Waals surface area contributed by atoms with Gasteiger partial charge in [0.2, 0.25) is 0 Å². The van der Waals surface area contributed by atoms with Crippen molar-refractivity contribution in [2.45, 2.75) is 24.9 Å². The molecule has 4 N–H and O–H groups in total. The summed E-state index contributed by atoms with van der Waals surface area (Å²) in [6.45, 7) is -0.385. The lowest BCUT2D eigenvalue weighted by atomic mass is 10.1. The van der Waals surface area contributed by atoms with Crippen LogP contribution in [0.2, 0.25) is 0 Å². The zero-order valence-corrected chi connectivity index (χ0v) is 9.44. The summed E-state index contributed by atoms with van der Waals surface area (Å²) >= 11 is 0. The second-order valence-electron chi connectivity index (χ2n) is 3.81. The topological polar surface area (TPSA) is 90.2 Å². The highest BCUT2D eigenvalue weighted by atomic mass is 16.5. The Bertz CT molecular complexity index is 303. The molecule has 1 rings (SSSR count). The van der Waals surface area contributed by atoms with Crippen LogP contribution in [0.4, 0.5) is 0 Å². The first kappa shape index (κ1) is 14.1. The summed E-state index contributed by atoms with van der Waals surface area (Å²) in [7, 11) is 0. The van der Waals surface area contributed by atoms with E-state index in [1.807, 2.05) is 30.3 Å². The first-order valence-electron chi connectivity index (χ1n) is 5.42. The van der Waals surface area contributed by atoms with Crippen molar-refractivity contribution in [2.24, 2.45) is 0 Å². The van der Waals surface area contributed by atoms with Gasteiger partial charge in [-0.15, -0.1) is 0 Å². The Morgan fingerprint density at radius 3 is 2.24 bits per heavy atom. The maximum atomic E-state index is 9.45. The minimum absolute atomic E-state index is 0.104. The molecular weight excluding hydrogens is 224 g/mol. The second kappa shape index (κ2) is 7.37. The molecule has 0 aliphatic rings. The summed E-state index contributed by atoms with van der Waals surface area (Å²) in [4.78, 5) is 0. The lowest BCUT2D eigenvalue weighted by Gasteiger charge is -2.21. The van der Waals surface area contributed by atoms with Gasteiger partial charge in [-0.3, -0.25) is 0 Å². The molecule has 5 heteroatoms. The molecule has 0 saturated heterocycles. The van der Waals surface area contributed by atoms with E-state index in [1.54, 1.807) is 0 Å². The van der Waals surface area contributed by atoms with Gasteiger partial charge in [-0.2, -0.15) is 0 Å². The molecule has 0 heterocycles. The molecule has 0 spiro atoms. The van der Waals surface area contributed by atoms with Crippen molar-refractivity contribution in [3.63, 3.8) is 0 Å². The minimum Gasteiger partial charge on any atom is -0.394 e. The van der Waals surface area contributed by atoms with Crippen molar-refractivity contribution >= 4 is 0 Å². The van der Waals surface area contributed by atoms with E-state index in [4.69, 9.17) is 14.9 Å². The van der Waals surface area contributed by atoms with Crippen LogP contribution in [0, 0.1) is 0 Å². The molecule has 5 nitrogen and oxygen atoms in total. The molecule has 0 aliphatic heterocycles. The SMILES string of the molecule is OC[C@@H](O)[C@@H](O)[C@@H](O)COCc1ccccc1. The quantitative estimate of drug-likeness (QED) is 0.506. The van der Waals surface area contributed by atoms with Crippen LogP contribution in [-0.2, 0) is 11.3 Å². The summed E-state index contributed by atoms with van der Waals surface area (Å²) in [6, 6.07) is 9.40. The van der Waals surface area contributed by atoms with Gasteiger partial charge in [0, 0.05) is 0 Å². The fourth-order valence-electron chi connectivity index (χ4n) is 1.33. The first-order valence-corrected chi connectivity index (χ1v) is 5.42. The van der Waals surface area contributed by atoms with Gasteiger partial charge < -0.3 is 25.2 Å². The molecular formula is C12H18O5. The summed E-state index contributed by atoms with van der Waals surface area (Å²) in [6.07, 6.45) is -3.98. The van der Waals surface area contributed by atoms with Crippen molar-refractivity contribution in [2.75, 3.05) is 13.2 Å². The van der Waals surface area contributed by atoms with Crippen LogP contribution >= 0.6 is 0 Å². The average molecular weight is 242 g/mol. The third-order valence-corrected chi connectivity index (χ3v) is 2.38. The fraction of sp³-hybridized carbons (Fsp3) is 0.500. The van der Waals surface area contributed by atoms with Gasteiger partial charge in [0.05, 0.1) is 19.8 Å². The van der Waals surface area contributed by atoms with Gasteiger partial charge in [-0.1, -0.05) is 30.3 Å². The summed E-state index contributed by atoms with van der Waals surface area (Å²) in [5.74, 6) is 0. The number of benzene rings is 1. The third kappa shape index (κ3) is 4.80. The molecule has 1 aromatic rings. The molecule has 0 fully saturated rings. The molecule has 0 unspecified atom stereocenters. The van der Waals surface area contributed by atoms with Gasteiger partial charge in [0.1, 0.15) is 18.3 Å². The number of aliphatic hydroxyl groups is 4. The Kier molecular flexibility index (Phi) is 6.10. The molecule has 0 aliphatic carbocycles. The highest BCUT2D eigenvalue weighted by Crippen LogP contribution is 2.04. The van der Waals surface area contributed by atoms with Crippen molar-refractivity contribution in [1.82, 2.24) is 0 Å². The van der Waals surface area contributed by atoms with E-state index in [0.717, 1.165) is 5.56 Å². The van der Waals surface area contributed by atoms with Crippen molar-refractivity contribution in [1.29, 1.82) is 0 Å².